The average molecular weight is 623 g/mol. The van der Waals surface area contributed by atoms with Gasteiger partial charge in [-0.25, -0.2) is 9.78 Å². The summed E-state index contributed by atoms with van der Waals surface area (Å²) in [7, 11) is 0. The number of thiazole rings is 1. The molecule has 0 radical (unpaired) electrons. The Morgan fingerprint density at radius 1 is 1.02 bits per heavy atom. The molecule has 0 spiro atoms. The monoisotopic (exact) mass is 622 g/mol. The molecule has 45 heavy (non-hydrogen) atoms. The van der Waals surface area contributed by atoms with Gasteiger partial charge in [-0.3, -0.25) is 14.5 Å². The maximum Gasteiger partial charge on any atom is 0.350 e. The SMILES string of the molecule is C=CCOC(=O)c1sc(N2C(=O)C(=O)/C(=C(/O)c3ccc(OCc4ccccc4)cc3)C2c2ccc(C(C)(C)C)cc2)nc1C. The Morgan fingerprint density at radius 3 is 2.31 bits per heavy atom. The zero-order valence-electron chi connectivity index (χ0n) is 25.6. The summed E-state index contributed by atoms with van der Waals surface area (Å²) in [6.45, 7) is 11.9. The summed E-state index contributed by atoms with van der Waals surface area (Å²) >= 11 is 0.954. The molecule has 5 rings (SSSR count). The van der Waals surface area contributed by atoms with Crippen LogP contribution in [0.2, 0.25) is 0 Å². The summed E-state index contributed by atoms with van der Waals surface area (Å²) in [5, 5.41) is 11.7. The summed E-state index contributed by atoms with van der Waals surface area (Å²) < 4.78 is 11.1. The van der Waals surface area contributed by atoms with Crippen molar-refractivity contribution in [2.45, 2.75) is 45.8 Å². The second-order valence-corrected chi connectivity index (χ2v) is 12.6. The minimum Gasteiger partial charge on any atom is -0.507 e. The fourth-order valence-corrected chi connectivity index (χ4v) is 5.98. The van der Waals surface area contributed by atoms with Crippen LogP contribution in [-0.4, -0.2) is 34.4 Å². The van der Waals surface area contributed by atoms with Gasteiger partial charge < -0.3 is 14.6 Å². The van der Waals surface area contributed by atoms with Gasteiger partial charge in [-0.1, -0.05) is 99.4 Å². The van der Waals surface area contributed by atoms with Crippen LogP contribution < -0.4 is 9.64 Å². The Kier molecular flexibility index (Phi) is 9.01. The summed E-state index contributed by atoms with van der Waals surface area (Å²) in [4.78, 5) is 45.9. The summed E-state index contributed by atoms with van der Waals surface area (Å²) in [6.07, 6.45) is 1.46. The van der Waals surface area contributed by atoms with E-state index in [4.69, 9.17) is 9.47 Å². The van der Waals surface area contributed by atoms with Crippen molar-refractivity contribution in [2.75, 3.05) is 11.5 Å². The molecule has 0 saturated carbocycles. The normalized spacial score (nSPS) is 16.1. The van der Waals surface area contributed by atoms with Crippen molar-refractivity contribution < 1.29 is 29.0 Å². The molecule has 0 bridgehead atoms. The number of benzene rings is 3. The van der Waals surface area contributed by atoms with Crippen LogP contribution >= 0.6 is 11.3 Å². The van der Waals surface area contributed by atoms with Crippen LogP contribution in [0.1, 0.15) is 64.4 Å². The molecule has 1 amide bonds. The maximum atomic E-state index is 13.6. The molecular formula is C36H34N2O6S. The molecule has 8 nitrogen and oxygen atoms in total. The van der Waals surface area contributed by atoms with Gasteiger partial charge in [0.05, 0.1) is 17.3 Å². The predicted molar refractivity (Wildman–Crippen MR) is 174 cm³/mol. The molecule has 1 fully saturated rings. The van der Waals surface area contributed by atoms with Gasteiger partial charge in [-0.15, -0.1) is 0 Å². The molecule has 3 aromatic carbocycles. The number of rotatable bonds is 9. The molecule has 4 aromatic rings. The van der Waals surface area contributed by atoms with Gasteiger partial charge in [0.15, 0.2) is 5.13 Å². The third-order valence-electron chi connectivity index (χ3n) is 7.42. The zero-order valence-corrected chi connectivity index (χ0v) is 26.4. The second-order valence-electron chi connectivity index (χ2n) is 11.6. The van der Waals surface area contributed by atoms with Gasteiger partial charge >= 0.3 is 11.9 Å². The minimum atomic E-state index is -0.990. The Labute approximate surface area is 266 Å². The predicted octanol–water partition coefficient (Wildman–Crippen LogP) is 7.30. The van der Waals surface area contributed by atoms with Crippen LogP contribution in [0.5, 0.6) is 5.75 Å². The number of hydrogen-bond acceptors (Lipinski definition) is 8. The Balaban J connectivity index is 1.55. The highest BCUT2D eigenvalue weighted by molar-refractivity contribution is 7.17. The lowest BCUT2D eigenvalue weighted by molar-refractivity contribution is -0.132. The fourth-order valence-electron chi connectivity index (χ4n) is 4.99. The van der Waals surface area contributed by atoms with E-state index in [0.29, 0.717) is 29.2 Å². The highest BCUT2D eigenvalue weighted by Gasteiger charge is 2.48. The maximum absolute atomic E-state index is 13.6. The number of nitrogens with zero attached hydrogens (tertiary/aromatic N) is 2. The number of carbonyl (C=O) groups excluding carboxylic acids is 3. The number of hydrogen-bond donors (Lipinski definition) is 1. The topological polar surface area (TPSA) is 106 Å². The first-order chi connectivity index (χ1) is 21.5. The molecule has 1 saturated heterocycles. The van der Waals surface area contributed by atoms with Crippen molar-refractivity contribution in [3.05, 3.63) is 130 Å². The molecule has 1 unspecified atom stereocenters. The number of aryl methyl sites for hydroxylation is 1. The van der Waals surface area contributed by atoms with Gasteiger partial charge in [0.1, 0.15) is 29.6 Å². The van der Waals surface area contributed by atoms with E-state index in [0.717, 1.165) is 22.5 Å². The number of aliphatic hydroxyl groups excluding tert-OH is 1. The van der Waals surface area contributed by atoms with Gasteiger partial charge in [0.2, 0.25) is 0 Å². The fraction of sp³-hybridized carbons (Fsp3) is 0.222. The summed E-state index contributed by atoms with van der Waals surface area (Å²) in [5.74, 6) is -2.06. The third-order valence-corrected chi connectivity index (χ3v) is 8.56. The number of ketones is 1. The Morgan fingerprint density at radius 2 is 1.69 bits per heavy atom. The summed E-state index contributed by atoms with van der Waals surface area (Å²) in [5.41, 5.74) is 3.18. The molecule has 230 valence electrons. The number of aliphatic hydroxyl groups is 1. The number of anilines is 1. The first-order valence-electron chi connectivity index (χ1n) is 14.4. The molecule has 1 aromatic heterocycles. The van der Waals surface area contributed by atoms with E-state index >= 15 is 0 Å². The smallest absolute Gasteiger partial charge is 0.350 e. The van der Waals surface area contributed by atoms with Crippen molar-refractivity contribution in [3.8, 4) is 5.75 Å². The molecule has 2 heterocycles. The average Bonchev–Trinajstić information content (AvgIpc) is 3.54. The van der Waals surface area contributed by atoms with Gasteiger partial charge in [0.25, 0.3) is 5.78 Å². The van der Waals surface area contributed by atoms with E-state index in [1.807, 2.05) is 54.6 Å². The van der Waals surface area contributed by atoms with Crippen molar-refractivity contribution in [1.29, 1.82) is 0 Å². The number of Topliss-reactive ketones (excluding diaryl/α,β-unsaturated/α-hetero) is 1. The number of esters is 1. The Bertz CT molecular complexity index is 1770. The van der Waals surface area contributed by atoms with Crippen LogP contribution in [0.25, 0.3) is 5.76 Å². The van der Waals surface area contributed by atoms with E-state index in [1.54, 1.807) is 31.2 Å². The quantitative estimate of drug-likeness (QED) is 0.0687. The molecule has 1 aliphatic heterocycles. The number of ether oxygens (including phenoxy) is 2. The van der Waals surface area contributed by atoms with Crippen LogP contribution in [0.3, 0.4) is 0 Å². The van der Waals surface area contributed by atoms with E-state index in [2.05, 4.69) is 32.3 Å². The van der Waals surface area contributed by atoms with Crippen LogP contribution in [0, 0.1) is 6.92 Å². The van der Waals surface area contributed by atoms with Crippen LogP contribution in [0.15, 0.2) is 97.1 Å². The molecule has 1 aliphatic rings. The zero-order chi connectivity index (χ0) is 32.3. The third kappa shape index (κ3) is 6.58. The molecular weight excluding hydrogens is 588 g/mol. The highest BCUT2D eigenvalue weighted by atomic mass is 32.1. The minimum absolute atomic E-state index is 0.0201. The van der Waals surface area contributed by atoms with E-state index < -0.39 is 23.7 Å². The molecule has 1 N–H and O–H groups in total. The number of amides is 1. The first kappa shape index (κ1) is 31.4. The van der Waals surface area contributed by atoms with Crippen molar-refractivity contribution in [3.63, 3.8) is 0 Å². The van der Waals surface area contributed by atoms with E-state index in [-0.39, 0.29) is 33.4 Å². The lowest BCUT2D eigenvalue weighted by Gasteiger charge is -2.24. The lowest BCUT2D eigenvalue weighted by Crippen LogP contribution is -2.29. The van der Waals surface area contributed by atoms with Crippen molar-refractivity contribution in [1.82, 2.24) is 4.98 Å². The van der Waals surface area contributed by atoms with Gasteiger partial charge in [-0.05, 0) is 53.3 Å². The summed E-state index contributed by atoms with van der Waals surface area (Å²) in [6, 6.07) is 23.0. The standard InChI is InChI=1S/C36H34N2O6S/c1-6-20-43-34(42)32-22(2)37-35(45-32)38-29(24-12-16-26(17-13-24)36(3,4)5)28(31(40)33(38)41)30(39)25-14-18-27(19-15-25)44-21-23-10-8-7-9-11-23/h6-19,29,39H,1,20-21H2,2-5H3/b30-28+. The van der Waals surface area contributed by atoms with E-state index in [1.165, 1.54) is 11.0 Å². The lowest BCUT2D eigenvalue weighted by atomic mass is 9.85. The molecule has 0 aliphatic carbocycles. The highest BCUT2D eigenvalue weighted by Crippen LogP contribution is 2.44. The van der Waals surface area contributed by atoms with E-state index in [9.17, 15) is 19.5 Å². The molecule has 9 heteroatoms. The Hall–Kier alpha value is -5.02. The number of aromatic nitrogens is 1. The first-order valence-corrected chi connectivity index (χ1v) is 15.2. The number of carbonyl (C=O) groups is 3. The van der Waals surface area contributed by atoms with Gasteiger partial charge in [-0.2, -0.15) is 0 Å². The van der Waals surface area contributed by atoms with Crippen molar-refractivity contribution in [2.24, 2.45) is 0 Å². The second kappa shape index (κ2) is 12.9. The largest absolute Gasteiger partial charge is 0.507 e. The van der Waals surface area contributed by atoms with Crippen molar-refractivity contribution >= 4 is 39.9 Å². The van der Waals surface area contributed by atoms with Crippen LogP contribution in [0.4, 0.5) is 5.13 Å². The molecule has 1 atom stereocenters. The van der Waals surface area contributed by atoms with Crippen LogP contribution in [-0.2, 0) is 26.3 Å². The van der Waals surface area contributed by atoms with Gasteiger partial charge in [0, 0.05) is 5.56 Å².